The summed E-state index contributed by atoms with van der Waals surface area (Å²) in [6, 6.07) is 17.9. The molecule has 3 aromatic rings. The van der Waals surface area contributed by atoms with Gasteiger partial charge in [0.2, 0.25) is 0 Å². The van der Waals surface area contributed by atoms with Gasteiger partial charge in [0.25, 0.3) is 0 Å². The first-order chi connectivity index (χ1) is 17.1. The fourth-order valence-corrected chi connectivity index (χ4v) is 5.56. The van der Waals surface area contributed by atoms with Gasteiger partial charge in [-0.1, -0.05) is 61.7 Å². The van der Waals surface area contributed by atoms with Crippen LogP contribution in [-0.2, 0) is 6.54 Å². The summed E-state index contributed by atoms with van der Waals surface area (Å²) in [5.74, 6) is 1.06. The third-order valence-corrected chi connectivity index (χ3v) is 7.51. The molecule has 1 amide bonds. The monoisotopic (exact) mass is 473 g/mol. The van der Waals surface area contributed by atoms with Crippen molar-refractivity contribution < 1.29 is 14.6 Å². The average molecular weight is 474 g/mol. The number of pyridine rings is 1. The molecule has 1 aliphatic carbocycles. The minimum absolute atomic E-state index is 0.0710. The van der Waals surface area contributed by atoms with Gasteiger partial charge in [0.15, 0.2) is 0 Å². The number of hydrogen-bond donors (Lipinski definition) is 2. The van der Waals surface area contributed by atoms with Crippen molar-refractivity contribution in [3.8, 4) is 17.0 Å². The van der Waals surface area contributed by atoms with E-state index < -0.39 is 6.09 Å². The normalized spacial score (nSPS) is 20.1. The number of nitrogens with zero attached hydrogens (tertiary/aromatic N) is 2. The number of likely N-dealkylation sites (tertiary alicyclic amines) is 1. The average Bonchev–Trinajstić information content (AvgIpc) is 3.30. The Balaban J connectivity index is 1.52. The second-order valence-electron chi connectivity index (χ2n) is 10.0. The molecule has 2 aliphatic rings. The van der Waals surface area contributed by atoms with Gasteiger partial charge in [-0.2, -0.15) is 0 Å². The highest BCUT2D eigenvalue weighted by Crippen LogP contribution is 2.37. The van der Waals surface area contributed by atoms with Crippen LogP contribution < -0.4 is 10.1 Å². The second-order valence-corrected chi connectivity index (χ2v) is 10.0. The van der Waals surface area contributed by atoms with Crippen molar-refractivity contribution in [1.82, 2.24) is 15.2 Å². The molecule has 1 aromatic heterocycles. The SMILES string of the molecule is C[C@H](NC(=O)Oc1c(CN2CC[C@H](O)C2)c(-c2ccccc2)nc2ccccc12)C1CCCCC1. The third kappa shape index (κ3) is 5.49. The van der Waals surface area contributed by atoms with Crippen LogP contribution in [0.5, 0.6) is 5.75 Å². The minimum atomic E-state index is -0.416. The zero-order valence-corrected chi connectivity index (χ0v) is 20.5. The van der Waals surface area contributed by atoms with Crippen molar-refractivity contribution in [2.75, 3.05) is 13.1 Å². The van der Waals surface area contributed by atoms with Gasteiger partial charge in [-0.3, -0.25) is 4.90 Å². The predicted molar refractivity (Wildman–Crippen MR) is 138 cm³/mol. The van der Waals surface area contributed by atoms with Crippen LogP contribution in [0.3, 0.4) is 0 Å². The van der Waals surface area contributed by atoms with Crippen LogP contribution in [0.2, 0.25) is 0 Å². The highest BCUT2D eigenvalue weighted by atomic mass is 16.6. The molecule has 1 saturated heterocycles. The maximum Gasteiger partial charge on any atom is 0.412 e. The van der Waals surface area contributed by atoms with Gasteiger partial charge in [-0.05, 0) is 44.2 Å². The number of amides is 1. The Bertz CT molecular complexity index is 1160. The Morgan fingerprint density at radius 2 is 1.83 bits per heavy atom. The molecule has 0 bridgehead atoms. The number of hydrogen-bond acceptors (Lipinski definition) is 5. The van der Waals surface area contributed by atoms with Gasteiger partial charge in [0, 0.05) is 42.2 Å². The van der Waals surface area contributed by atoms with E-state index in [1.54, 1.807) is 0 Å². The van der Waals surface area contributed by atoms with E-state index in [0.717, 1.165) is 53.5 Å². The molecule has 2 fully saturated rings. The van der Waals surface area contributed by atoms with E-state index in [1.807, 2.05) is 54.6 Å². The number of rotatable bonds is 6. The summed E-state index contributed by atoms with van der Waals surface area (Å²) in [6.07, 6.45) is 6.06. The number of nitrogens with one attached hydrogen (secondary N) is 1. The van der Waals surface area contributed by atoms with E-state index in [4.69, 9.17) is 9.72 Å². The molecule has 0 radical (unpaired) electrons. The quantitative estimate of drug-likeness (QED) is 0.493. The molecule has 6 nitrogen and oxygen atoms in total. The summed E-state index contributed by atoms with van der Waals surface area (Å²) in [5.41, 5.74) is 3.46. The Morgan fingerprint density at radius 3 is 2.57 bits per heavy atom. The fraction of sp³-hybridized carbons (Fsp3) is 0.448. The van der Waals surface area contributed by atoms with E-state index in [2.05, 4.69) is 17.1 Å². The van der Waals surface area contributed by atoms with Crippen LogP contribution >= 0.6 is 0 Å². The van der Waals surface area contributed by atoms with Crippen molar-refractivity contribution in [2.24, 2.45) is 5.92 Å². The smallest absolute Gasteiger partial charge is 0.409 e. The summed E-state index contributed by atoms with van der Waals surface area (Å²) in [4.78, 5) is 20.4. The van der Waals surface area contributed by atoms with Gasteiger partial charge >= 0.3 is 6.09 Å². The first kappa shape index (κ1) is 23.8. The third-order valence-electron chi connectivity index (χ3n) is 7.51. The zero-order chi connectivity index (χ0) is 24.2. The number of para-hydroxylation sites is 1. The largest absolute Gasteiger partial charge is 0.412 e. The number of aliphatic hydroxyl groups excluding tert-OH is 1. The van der Waals surface area contributed by atoms with Gasteiger partial charge in [0.1, 0.15) is 5.75 Å². The lowest BCUT2D eigenvalue weighted by molar-refractivity contribution is 0.173. The van der Waals surface area contributed by atoms with Crippen LogP contribution in [-0.4, -0.2) is 46.3 Å². The second kappa shape index (κ2) is 10.8. The molecule has 2 heterocycles. The molecule has 2 atom stereocenters. The van der Waals surface area contributed by atoms with Crippen molar-refractivity contribution in [3.63, 3.8) is 0 Å². The zero-order valence-electron chi connectivity index (χ0n) is 20.5. The van der Waals surface area contributed by atoms with Crippen LogP contribution in [0.25, 0.3) is 22.2 Å². The van der Waals surface area contributed by atoms with Crippen LogP contribution in [0.1, 0.15) is 51.0 Å². The lowest BCUT2D eigenvalue weighted by Gasteiger charge is -2.28. The molecular formula is C29H35N3O3. The van der Waals surface area contributed by atoms with E-state index in [-0.39, 0.29) is 12.1 Å². The summed E-state index contributed by atoms with van der Waals surface area (Å²) in [5, 5.41) is 14.1. The van der Waals surface area contributed by atoms with E-state index in [1.165, 1.54) is 19.3 Å². The Morgan fingerprint density at radius 1 is 1.09 bits per heavy atom. The summed E-state index contributed by atoms with van der Waals surface area (Å²) >= 11 is 0. The lowest BCUT2D eigenvalue weighted by Crippen LogP contribution is -2.40. The number of β-amino-alcohol motifs (C(OH)–C–C–N with tert-alkyl or cyclic N) is 1. The van der Waals surface area contributed by atoms with Gasteiger partial charge in [-0.15, -0.1) is 0 Å². The molecule has 5 rings (SSSR count). The Kier molecular flexibility index (Phi) is 7.30. The fourth-order valence-electron chi connectivity index (χ4n) is 5.56. The van der Waals surface area contributed by atoms with E-state index in [0.29, 0.717) is 24.8 Å². The number of carbonyl (C=O) groups is 1. The summed E-state index contributed by atoms with van der Waals surface area (Å²) in [6.45, 7) is 4.04. The Hall–Kier alpha value is -2.96. The molecule has 35 heavy (non-hydrogen) atoms. The highest BCUT2D eigenvalue weighted by molar-refractivity contribution is 5.92. The molecule has 2 N–H and O–H groups in total. The van der Waals surface area contributed by atoms with Crippen LogP contribution in [0.15, 0.2) is 54.6 Å². The lowest BCUT2D eigenvalue weighted by atomic mass is 9.85. The number of carbonyl (C=O) groups excluding carboxylic acids is 1. The predicted octanol–water partition coefficient (Wildman–Crippen LogP) is 5.53. The number of benzene rings is 2. The first-order valence-electron chi connectivity index (χ1n) is 12.9. The van der Waals surface area contributed by atoms with E-state index >= 15 is 0 Å². The van der Waals surface area contributed by atoms with Crippen molar-refractivity contribution in [2.45, 2.75) is 64.1 Å². The maximum atomic E-state index is 13.2. The standard InChI is InChI=1S/C29H35N3O3/c1-20(21-10-4-2-5-11-21)30-29(34)35-28-24-14-8-9-15-26(24)31-27(22-12-6-3-7-13-22)25(28)19-32-17-16-23(33)18-32/h3,6-9,12-15,20-21,23,33H,2,4-5,10-11,16-19H2,1H3,(H,30,34)/t20-,23-/m0/s1. The summed E-state index contributed by atoms with van der Waals surface area (Å²) in [7, 11) is 0. The van der Waals surface area contributed by atoms with E-state index in [9.17, 15) is 9.90 Å². The number of ether oxygens (including phenoxy) is 1. The van der Waals surface area contributed by atoms with Gasteiger partial charge in [0.05, 0.1) is 17.3 Å². The molecule has 1 aliphatic heterocycles. The number of aromatic nitrogens is 1. The topological polar surface area (TPSA) is 74.7 Å². The molecule has 0 unspecified atom stereocenters. The summed E-state index contributed by atoms with van der Waals surface area (Å²) < 4.78 is 6.14. The molecule has 2 aromatic carbocycles. The van der Waals surface area contributed by atoms with Gasteiger partial charge < -0.3 is 15.2 Å². The Labute approximate surface area is 207 Å². The molecule has 6 heteroatoms. The minimum Gasteiger partial charge on any atom is -0.409 e. The van der Waals surface area contributed by atoms with Gasteiger partial charge in [-0.25, -0.2) is 9.78 Å². The highest BCUT2D eigenvalue weighted by Gasteiger charge is 2.27. The molecule has 184 valence electrons. The van der Waals surface area contributed by atoms with Crippen molar-refractivity contribution >= 4 is 17.0 Å². The molecular weight excluding hydrogens is 438 g/mol. The number of aliphatic hydroxyl groups is 1. The molecule has 0 spiro atoms. The first-order valence-corrected chi connectivity index (χ1v) is 12.9. The maximum absolute atomic E-state index is 13.2. The number of fused-ring (bicyclic) bond motifs is 1. The molecule has 1 saturated carbocycles. The van der Waals surface area contributed by atoms with Crippen molar-refractivity contribution in [3.05, 3.63) is 60.2 Å². The van der Waals surface area contributed by atoms with Crippen molar-refractivity contribution in [1.29, 1.82) is 0 Å². The van der Waals surface area contributed by atoms with Crippen LogP contribution in [0.4, 0.5) is 4.79 Å². The van der Waals surface area contributed by atoms with Crippen LogP contribution in [0, 0.1) is 5.92 Å².